The Bertz CT molecular complexity index is 983. The molecule has 5 rings (SSSR count). The number of nitrogens with zero attached hydrogens (tertiary/aromatic N) is 2. The Morgan fingerprint density at radius 3 is 2.66 bits per heavy atom. The SMILES string of the molecule is COc1ccc2c(c1)CCN(C(=O)C1CN(C(=O)c3ccc4c(c3)OCO4)C1)C2. The highest BCUT2D eigenvalue weighted by atomic mass is 16.7. The van der Waals surface area contributed by atoms with E-state index in [0.29, 0.717) is 43.2 Å². The quantitative estimate of drug-likeness (QED) is 0.797. The van der Waals surface area contributed by atoms with Crippen LogP contribution >= 0.6 is 0 Å². The van der Waals surface area contributed by atoms with Gasteiger partial charge < -0.3 is 24.0 Å². The summed E-state index contributed by atoms with van der Waals surface area (Å²) in [5.41, 5.74) is 2.96. The molecule has 2 aromatic carbocycles. The van der Waals surface area contributed by atoms with Gasteiger partial charge in [0, 0.05) is 31.7 Å². The number of hydrogen-bond donors (Lipinski definition) is 0. The number of fused-ring (bicyclic) bond motifs is 2. The van der Waals surface area contributed by atoms with Crippen molar-refractivity contribution in [3.63, 3.8) is 0 Å². The summed E-state index contributed by atoms with van der Waals surface area (Å²) in [7, 11) is 1.66. The summed E-state index contributed by atoms with van der Waals surface area (Å²) in [6.45, 7) is 2.41. The second-order valence-electron chi connectivity index (χ2n) is 7.62. The molecule has 0 aromatic heterocycles. The zero-order chi connectivity index (χ0) is 20.0. The first-order chi connectivity index (χ1) is 14.1. The van der Waals surface area contributed by atoms with Crippen LogP contribution in [0.4, 0.5) is 0 Å². The average molecular weight is 394 g/mol. The normalized spacial score (nSPS) is 17.6. The molecule has 0 atom stereocenters. The maximum absolute atomic E-state index is 12.9. The van der Waals surface area contributed by atoms with Gasteiger partial charge in [-0.1, -0.05) is 6.07 Å². The third kappa shape index (κ3) is 3.16. The van der Waals surface area contributed by atoms with Crippen molar-refractivity contribution in [2.75, 3.05) is 33.5 Å². The third-order valence-electron chi connectivity index (χ3n) is 5.87. The molecule has 3 aliphatic heterocycles. The van der Waals surface area contributed by atoms with Crippen LogP contribution in [0.15, 0.2) is 36.4 Å². The zero-order valence-corrected chi connectivity index (χ0v) is 16.2. The Morgan fingerprint density at radius 1 is 1.00 bits per heavy atom. The molecule has 7 nitrogen and oxygen atoms in total. The van der Waals surface area contributed by atoms with Gasteiger partial charge in [0.2, 0.25) is 12.7 Å². The van der Waals surface area contributed by atoms with Crippen molar-refractivity contribution in [3.05, 3.63) is 53.1 Å². The molecular weight excluding hydrogens is 372 g/mol. The summed E-state index contributed by atoms with van der Waals surface area (Å²) in [6.07, 6.45) is 0.824. The highest BCUT2D eigenvalue weighted by Gasteiger charge is 2.39. The summed E-state index contributed by atoms with van der Waals surface area (Å²) >= 11 is 0. The minimum absolute atomic E-state index is 0.0802. The van der Waals surface area contributed by atoms with Crippen molar-refractivity contribution >= 4 is 11.8 Å². The molecule has 0 bridgehead atoms. The van der Waals surface area contributed by atoms with Crippen LogP contribution in [0.2, 0.25) is 0 Å². The number of likely N-dealkylation sites (tertiary alicyclic amines) is 1. The van der Waals surface area contributed by atoms with Crippen LogP contribution in [0, 0.1) is 5.92 Å². The Kier molecular flexibility index (Phi) is 4.30. The molecule has 0 aliphatic carbocycles. The van der Waals surface area contributed by atoms with Gasteiger partial charge >= 0.3 is 0 Å². The van der Waals surface area contributed by atoms with Crippen LogP contribution < -0.4 is 14.2 Å². The average Bonchev–Trinajstić information content (AvgIpc) is 3.19. The lowest BCUT2D eigenvalue weighted by molar-refractivity contribution is -0.140. The Labute approximate surface area is 168 Å². The summed E-state index contributed by atoms with van der Waals surface area (Å²) < 4.78 is 15.9. The highest BCUT2D eigenvalue weighted by molar-refractivity contribution is 5.96. The molecule has 0 radical (unpaired) electrons. The minimum Gasteiger partial charge on any atom is -0.497 e. The molecule has 150 valence electrons. The largest absolute Gasteiger partial charge is 0.497 e. The van der Waals surface area contributed by atoms with Crippen molar-refractivity contribution < 1.29 is 23.8 Å². The number of ether oxygens (including phenoxy) is 3. The number of methoxy groups -OCH3 is 1. The molecule has 7 heteroatoms. The monoisotopic (exact) mass is 394 g/mol. The second kappa shape index (κ2) is 6.99. The van der Waals surface area contributed by atoms with Crippen LogP contribution in [0.25, 0.3) is 0 Å². The standard InChI is InChI=1S/C22H22N2O5/c1-27-18-4-2-16-10-23(7-6-14(16)8-18)22(26)17-11-24(12-17)21(25)15-3-5-19-20(9-15)29-13-28-19/h2-5,8-9,17H,6-7,10-13H2,1H3. The Balaban J connectivity index is 1.19. The lowest BCUT2D eigenvalue weighted by atomic mass is 9.94. The van der Waals surface area contributed by atoms with Gasteiger partial charge in [0.05, 0.1) is 13.0 Å². The fourth-order valence-electron chi connectivity index (χ4n) is 4.12. The zero-order valence-electron chi connectivity index (χ0n) is 16.2. The van der Waals surface area contributed by atoms with Crippen LogP contribution in [0.1, 0.15) is 21.5 Å². The topological polar surface area (TPSA) is 68.3 Å². The van der Waals surface area contributed by atoms with Gasteiger partial charge in [-0.05, 0) is 47.9 Å². The van der Waals surface area contributed by atoms with E-state index in [4.69, 9.17) is 14.2 Å². The first-order valence-corrected chi connectivity index (χ1v) is 9.76. The maximum Gasteiger partial charge on any atom is 0.254 e. The van der Waals surface area contributed by atoms with Gasteiger partial charge in [-0.25, -0.2) is 0 Å². The predicted octanol–water partition coefficient (Wildman–Crippen LogP) is 2.08. The van der Waals surface area contributed by atoms with Crippen molar-refractivity contribution in [1.29, 1.82) is 0 Å². The van der Waals surface area contributed by atoms with E-state index < -0.39 is 0 Å². The summed E-state index contributed by atoms with van der Waals surface area (Å²) in [4.78, 5) is 29.2. The fourth-order valence-corrected chi connectivity index (χ4v) is 4.12. The molecule has 0 spiro atoms. The molecule has 2 amide bonds. The second-order valence-corrected chi connectivity index (χ2v) is 7.62. The molecule has 1 saturated heterocycles. The molecule has 0 N–H and O–H groups in total. The van der Waals surface area contributed by atoms with Crippen LogP contribution in [0.5, 0.6) is 17.2 Å². The number of carbonyl (C=O) groups excluding carboxylic acids is 2. The van der Waals surface area contributed by atoms with E-state index in [9.17, 15) is 9.59 Å². The number of benzene rings is 2. The van der Waals surface area contributed by atoms with Gasteiger partial charge in [0.25, 0.3) is 5.91 Å². The predicted molar refractivity (Wildman–Crippen MR) is 104 cm³/mol. The molecule has 3 heterocycles. The van der Waals surface area contributed by atoms with Crippen LogP contribution in [-0.4, -0.2) is 55.2 Å². The van der Waals surface area contributed by atoms with Gasteiger partial charge in [-0.3, -0.25) is 9.59 Å². The van der Waals surface area contributed by atoms with Crippen molar-refractivity contribution in [2.24, 2.45) is 5.92 Å². The summed E-state index contributed by atoms with van der Waals surface area (Å²) in [6, 6.07) is 11.2. The molecule has 0 unspecified atom stereocenters. The first kappa shape index (κ1) is 17.8. The van der Waals surface area contributed by atoms with Crippen molar-refractivity contribution in [3.8, 4) is 17.2 Å². The van der Waals surface area contributed by atoms with E-state index in [1.54, 1.807) is 30.2 Å². The van der Waals surface area contributed by atoms with E-state index >= 15 is 0 Å². The number of amides is 2. The van der Waals surface area contributed by atoms with Gasteiger partial charge in [-0.15, -0.1) is 0 Å². The number of hydrogen-bond acceptors (Lipinski definition) is 5. The van der Waals surface area contributed by atoms with E-state index in [2.05, 4.69) is 0 Å². The fraction of sp³-hybridized carbons (Fsp3) is 0.364. The molecule has 2 aromatic rings. The lowest BCUT2D eigenvalue weighted by Crippen LogP contribution is -2.56. The minimum atomic E-state index is -0.132. The van der Waals surface area contributed by atoms with E-state index in [0.717, 1.165) is 17.7 Å². The van der Waals surface area contributed by atoms with Crippen molar-refractivity contribution in [2.45, 2.75) is 13.0 Å². The van der Waals surface area contributed by atoms with Crippen LogP contribution in [-0.2, 0) is 17.8 Å². The van der Waals surface area contributed by atoms with E-state index in [1.807, 2.05) is 23.1 Å². The molecule has 1 fully saturated rings. The van der Waals surface area contributed by atoms with Crippen molar-refractivity contribution in [1.82, 2.24) is 9.80 Å². The maximum atomic E-state index is 12.9. The Hall–Kier alpha value is -3.22. The Morgan fingerprint density at radius 2 is 1.83 bits per heavy atom. The lowest BCUT2D eigenvalue weighted by Gasteiger charge is -2.41. The molecule has 3 aliphatic rings. The van der Waals surface area contributed by atoms with Gasteiger partial charge in [0.15, 0.2) is 11.5 Å². The number of rotatable bonds is 3. The molecular formula is C22H22N2O5. The summed E-state index contributed by atoms with van der Waals surface area (Å²) in [5.74, 6) is 2.01. The summed E-state index contributed by atoms with van der Waals surface area (Å²) in [5, 5.41) is 0. The number of carbonyl (C=O) groups is 2. The first-order valence-electron chi connectivity index (χ1n) is 9.76. The van der Waals surface area contributed by atoms with Gasteiger partial charge in [-0.2, -0.15) is 0 Å². The van der Waals surface area contributed by atoms with Crippen LogP contribution in [0.3, 0.4) is 0 Å². The van der Waals surface area contributed by atoms with Gasteiger partial charge in [0.1, 0.15) is 5.75 Å². The van der Waals surface area contributed by atoms with E-state index in [1.165, 1.54) is 5.56 Å². The molecule has 0 saturated carbocycles. The smallest absolute Gasteiger partial charge is 0.254 e. The van der Waals surface area contributed by atoms with E-state index in [-0.39, 0.29) is 24.5 Å². The highest BCUT2D eigenvalue weighted by Crippen LogP contribution is 2.34. The molecule has 29 heavy (non-hydrogen) atoms. The third-order valence-corrected chi connectivity index (χ3v) is 5.87.